The third-order valence-electron chi connectivity index (χ3n) is 2.21. The predicted molar refractivity (Wildman–Crippen MR) is 86.1 cm³/mol. The normalized spacial score (nSPS) is 11.6. The van der Waals surface area contributed by atoms with E-state index >= 15 is 0 Å². The van der Waals surface area contributed by atoms with Crippen molar-refractivity contribution in [3.63, 3.8) is 0 Å². The summed E-state index contributed by atoms with van der Waals surface area (Å²) in [4.78, 5) is 17.8. The van der Waals surface area contributed by atoms with Crippen LogP contribution in [-0.2, 0) is 4.84 Å². The van der Waals surface area contributed by atoms with Crippen molar-refractivity contribution in [1.29, 1.82) is 0 Å². The maximum atomic E-state index is 12.1. The molecule has 5 nitrogen and oxygen atoms in total. The lowest BCUT2D eigenvalue weighted by Crippen LogP contribution is -2.14. The molecular weight excluding hydrogens is 334 g/mol. The minimum absolute atomic E-state index is 0.188. The highest BCUT2D eigenvalue weighted by atomic mass is 32.2. The molecule has 0 bridgehead atoms. The molecule has 0 aromatic carbocycles. The number of aromatic nitrogens is 1. The van der Waals surface area contributed by atoms with Crippen LogP contribution in [-0.4, -0.2) is 28.7 Å². The second-order valence-corrected chi connectivity index (χ2v) is 6.98. The van der Waals surface area contributed by atoms with Crippen LogP contribution >= 0.6 is 46.4 Å². The van der Waals surface area contributed by atoms with Gasteiger partial charge in [0.15, 0.2) is 5.84 Å². The van der Waals surface area contributed by atoms with Gasteiger partial charge in [0.05, 0.1) is 9.09 Å². The maximum absolute atomic E-state index is 12.1. The third kappa shape index (κ3) is 3.35. The summed E-state index contributed by atoms with van der Waals surface area (Å²) < 4.78 is 5.02. The Morgan fingerprint density at radius 1 is 1.45 bits per heavy atom. The number of carbonyl (C=O) groups excluding carboxylic acids is 1. The molecule has 0 saturated heterocycles. The first-order valence-electron chi connectivity index (χ1n) is 5.33. The molecule has 0 spiro atoms. The fraction of sp³-hybridized carbons (Fsp3) is 0.182. The Morgan fingerprint density at radius 2 is 2.25 bits per heavy atom. The quantitative estimate of drug-likeness (QED) is 0.295. The molecule has 2 aromatic rings. The Balaban J connectivity index is 2.16. The predicted octanol–water partition coefficient (Wildman–Crippen LogP) is 3.13. The Bertz CT molecular complexity index is 600. The average molecular weight is 345 g/mol. The van der Waals surface area contributed by atoms with Crippen molar-refractivity contribution >= 4 is 58.2 Å². The zero-order valence-corrected chi connectivity index (χ0v) is 13.9. The molecule has 2 aromatic heterocycles. The third-order valence-corrected chi connectivity index (χ3v) is 5.85. The van der Waals surface area contributed by atoms with Gasteiger partial charge in [-0.05, 0) is 35.5 Å². The van der Waals surface area contributed by atoms with Crippen molar-refractivity contribution in [2.24, 2.45) is 10.9 Å². The second kappa shape index (κ2) is 7.11. The maximum Gasteiger partial charge on any atom is 0.370 e. The molecule has 0 fully saturated rings. The van der Waals surface area contributed by atoms with Gasteiger partial charge in [-0.2, -0.15) is 4.37 Å². The molecule has 0 aliphatic carbocycles. The lowest BCUT2D eigenvalue weighted by Gasteiger charge is -2.01. The molecular formula is C11H11N3O2S4. The van der Waals surface area contributed by atoms with E-state index in [1.54, 1.807) is 0 Å². The molecule has 106 valence electrons. The summed E-state index contributed by atoms with van der Waals surface area (Å²) in [6.07, 6.45) is 3.75. The Kier molecular flexibility index (Phi) is 5.46. The Morgan fingerprint density at radius 3 is 2.85 bits per heavy atom. The van der Waals surface area contributed by atoms with Crippen LogP contribution in [0.1, 0.15) is 15.2 Å². The van der Waals surface area contributed by atoms with Crippen LogP contribution in [0.25, 0.3) is 0 Å². The van der Waals surface area contributed by atoms with Crippen LogP contribution in [0, 0.1) is 0 Å². The van der Waals surface area contributed by atoms with Crippen LogP contribution < -0.4 is 5.73 Å². The summed E-state index contributed by atoms with van der Waals surface area (Å²) >= 11 is 5.56. The zero-order chi connectivity index (χ0) is 14.5. The van der Waals surface area contributed by atoms with Crippen LogP contribution in [0.3, 0.4) is 0 Å². The van der Waals surface area contributed by atoms with Crippen LogP contribution in [0.5, 0.6) is 0 Å². The van der Waals surface area contributed by atoms with Gasteiger partial charge in [-0.25, -0.2) is 4.79 Å². The first-order valence-corrected chi connectivity index (χ1v) is 9.44. The van der Waals surface area contributed by atoms with Crippen LogP contribution in [0.15, 0.2) is 31.9 Å². The number of nitrogens with zero attached hydrogens (tertiary/aromatic N) is 2. The van der Waals surface area contributed by atoms with Gasteiger partial charge in [-0.15, -0.1) is 34.9 Å². The second-order valence-electron chi connectivity index (χ2n) is 3.39. The van der Waals surface area contributed by atoms with Crippen molar-refractivity contribution in [2.45, 2.75) is 9.24 Å². The lowest BCUT2D eigenvalue weighted by molar-refractivity contribution is 0.0508. The number of thiophene rings is 1. The Labute approximate surface area is 132 Å². The van der Waals surface area contributed by atoms with Gasteiger partial charge in [0.25, 0.3) is 0 Å². The van der Waals surface area contributed by atoms with Crippen molar-refractivity contribution in [1.82, 2.24) is 4.37 Å². The summed E-state index contributed by atoms with van der Waals surface area (Å²) in [5, 5.41) is 6.21. The van der Waals surface area contributed by atoms with E-state index in [1.807, 2.05) is 30.0 Å². The van der Waals surface area contributed by atoms with E-state index in [2.05, 4.69) is 9.53 Å². The molecule has 2 rings (SSSR count). The van der Waals surface area contributed by atoms with Gasteiger partial charge in [0.2, 0.25) is 0 Å². The van der Waals surface area contributed by atoms with Crippen molar-refractivity contribution in [2.75, 3.05) is 12.5 Å². The standard InChI is InChI=1S/C11H11N3O2S4/c1-17-9-7(11(18-2)20-14-9)10(15)16-13-8(12)6-4-3-5-19-6/h3-5H,1-2H3,(H2,12,13). The monoisotopic (exact) mass is 345 g/mol. The molecule has 0 saturated carbocycles. The molecule has 9 heteroatoms. The molecule has 2 heterocycles. The number of carbonyl (C=O) groups is 1. The van der Waals surface area contributed by atoms with E-state index in [0.717, 1.165) is 9.09 Å². The van der Waals surface area contributed by atoms with E-state index in [-0.39, 0.29) is 5.84 Å². The van der Waals surface area contributed by atoms with Gasteiger partial charge in [-0.1, -0.05) is 11.2 Å². The van der Waals surface area contributed by atoms with Crippen molar-refractivity contribution in [3.8, 4) is 0 Å². The highest BCUT2D eigenvalue weighted by Gasteiger charge is 2.22. The van der Waals surface area contributed by atoms with Crippen LogP contribution in [0.2, 0.25) is 0 Å². The van der Waals surface area contributed by atoms with Crippen molar-refractivity contribution in [3.05, 3.63) is 28.0 Å². The SMILES string of the molecule is CSc1nsc(SC)c1C(=O)O/N=C(\N)c1cccs1. The first kappa shape index (κ1) is 15.4. The first-order chi connectivity index (χ1) is 9.67. The minimum Gasteiger partial charge on any atom is -0.380 e. The largest absolute Gasteiger partial charge is 0.380 e. The molecule has 20 heavy (non-hydrogen) atoms. The van der Waals surface area contributed by atoms with Gasteiger partial charge >= 0.3 is 5.97 Å². The van der Waals surface area contributed by atoms with E-state index < -0.39 is 5.97 Å². The summed E-state index contributed by atoms with van der Waals surface area (Å²) in [6, 6.07) is 3.66. The molecule has 2 N–H and O–H groups in total. The summed E-state index contributed by atoms with van der Waals surface area (Å²) in [5.74, 6) is -0.347. The number of nitrogens with two attached hydrogens (primary N) is 1. The van der Waals surface area contributed by atoms with Crippen LogP contribution in [0.4, 0.5) is 0 Å². The highest BCUT2D eigenvalue weighted by Crippen LogP contribution is 2.33. The van der Waals surface area contributed by atoms with Crippen molar-refractivity contribution < 1.29 is 9.63 Å². The lowest BCUT2D eigenvalue weighted by atomic mass is 10.4. The number of hydrogen-bond donors (Lipinski definition) is 1. The summed E-state index contributed by atoms with van der Waals surface area (Å²) in [7, 11) is 0. The minimum atomic E-state index is -0.535. The van der Waals surface area contributed by atoms with E-state index in [4.69, 9.17) is 10.6 Å². The van der Waals surface area contributed by atoms with Gasteiger partial charge in [0, 0.05) is 0 Å². The molecule has 0 aliphatic rings. The number of rotatable bonds is 5. The molecule has 0 amide bonds. The summed E-state index contributed by atoms with van der Waals surface area (Å²) in [6.45, 7) is 0. The fourth-order valence-electron chi connectivity index (χ4n) is 1.32. The van der Waals surface area contributed by atoms with Gasteiger partial charge in [-0.3, -0.25) is 0 Å². The number of oxime groups is 1. The van der Waals surface area contributed by atoms with E-state index in [9.17, 15) is 4.79 Å². The molecule has 0 atom stereocenters. The van der Waals surface area contributed by atoms with E-state index in [1.165, 1.54) is 46.4 Å². The number of thioether (sulfide) groups is 2. The number of hydrogen-bond acceptors (Lipinski definition) is 8. The average Bonchev–Trinajstić information content (AvgIpc) is 3.12. The summed E-state index contributed by atoms with van der Waals surface area (Å²) in [5.41, 5.74) is 6.20. The van der Waals surface area contributed by atoms with Gasteiger partial charge < -0.3 is 10.6 Å². The topological polar surface area (TPSA) is 77.6 Å². The zero-order valence-electron chi connectivity index (χ0n) is 10.7. The molecule has 0 aliphatic heterocycles. The molecule has 0 radical (unpaired) electrons. The highest BCUT2D eigenvalue weighted by molar-refractivity contribution is 8.01. The van der Waals surface area contributed by atoms with Gasteiger partial charge in [0.1, 0.15) is 10.6 Å². The smallest absolute Gasteiger partial charge is 0.370 e. The van der Waals surface area contributed by atoms with E-state index in [0.29, 0.717) is 10.6 Å². The number of amidine groups is 1. The fourth-order valence-corrected chi connectivity index (χ4v) is 4.19. The Hall–Kier alpha value is -1.03. The molecule has 0 unspecified atom stereocenters.